The normalized spacial score (nSPS) is 12.1. The largest absolute Gasteiger partial charge is 0.673 e. The van der Waals surface area contributed by atoms with Crippen LogP contribution in [-0.4, -0.2) is 7.25 Å². The summed E-state index contributed by atoms with van der Waals surface area (Å²) in [6.45, 7) is 0. The molecular weight excluding hydrogens is 421 g/mol. The summed E-state index contributed by atoms with van der Waals surface area (Å²) in [5.41, 5.74) is 3.33. The van der Waals surface area contributed by atoms with Crippen LogP contribution >= 0.6 is 0 Å². The van der Waals surface area contributed by atoms with E-state index >= 15 is 0 Å². The van der Waals surface area contributed by atoms with Crippen LogP contribution in [0.15, 0.2) is 78.9 Å². The molecule has 0 saturated heterocycles. The van der Waals surface area contributed by atoms with Gasteiger partial charge in [0.1, 0.15) is 5.25 Å². The molecule has 0 aromatic heterocycles. The van der Waals surface area contributed by atoms with Crippen molar-refractivity contribution in [2.24, 2.45) is 0 Å². The van der Waals surface area contributed by atoms with E-state index in [9.17, 15) is 17.3 Å². The summed E-state index contributed by atoms with van der Waals surface area (Å²) in [6.07, 6.45) is 2.00. The quantitative estimate of drug-likeness (QED) is 0.147. The molecule has 0 aliphatic rings. The third-order valence-electron chi connectivity index (χ3n) is 5.01. The molecule has 0 saturated carbocycles. The van der Waals surface area contributed by atoms with E-state index in [4.69, 9.17) is 5.26 Å². The van der Waals surface area contributed by atoms with Crippen LogP contribution in [0, 0.1) is 11.3 Å². The molecule has 4 aromatic rings. The zero-order valence-electron chi connectivity index (χ0n) is 16.5. The maximum atomic E-state index is 9.75. The van der Waals surface area contributed by atoms with Crippen LogP contribution in [0.25, 0.3) is 21.5 Å². The smallest absolute Gasteiger partial charge is 0.418 e. The maximum Gasteiger partial charge on any atom is 0.673 e. The summed E-state index contributed by atoms with van der Waals surface area (Å²) in [5, 5.41) is 14.5. The predicted octanol–water partition coefficient (Wildman–Crippen LogP) is 6.85. The SMILES string of the molecule is F[B-](F)(F)F.N#Cc1ccc(C([SH2+])CCc2c3ccccc3cc3ccccc23)cc1. The van der Waals surface area contributed by atoms with Crippen LogP contribution < -0.4 is 0 Å². The monoisotopic (exact) mass is 441 g/mol. The van der Waals surface area contributed by atoms with E-state index in [2.05, 4.69) is 73.3 Å². The molecule has 31 heavy (non-hydrogen) atoms. The summed E-state index contributed by atoms with van der Waals surface area (Å²) < 4.78 is 39.0. The van der Waals surface area contributed by atoms with Crippen molar-refractivity contribution in [3.05, 3.63) is 95.6 Å². The van der Waals surface area contributed by atoms with Crippen molar-refractivity contribution in [2.45, 2.75) is 18.1 Å². The third kappa shape index (κ3) is 6.25. The molecule has 1 atom stereocenters. The molecule has 4 aromatic carbocycles. The Kier molecular flexibility index (Phi) is 7.24. The summed E-state index contributed by atoms with van der Waals surface area (Å²) in [7, 11) is -6.00. The number of nitrogens with zero attached hydrogens (tertiary/aromatic N) is 1. The first-order chi connectivity index (χ1) is 14.8. The van der Waals surface area contributed by atoms with E-state index in [1.165, 1.54) is 32.7 Å². The molecule has 4 rings (SSSR count). The minimum atomic E-state index is -6.00. The van der Waals surface area contributed by atoms with Gasteiger partial charge in [-0.3, -0.25) is 0 Å². The Morgan fingerprint density at radius 1 is 0.806 bits per heavy atom. The Morgan fingerprint density at radius 3 is 1.77 bits per heavy atom. The Balaban J connectivity index is 0.000000491. The summed E-state index contributed by atoms with van der Waals surface area (Å²) in [4.78, 5) is 0. The molecule has 0 N–H and O–H groups in total. The minimum Gasteiger partial charge on any atom is -0.418 e. The number of benzene rings is 4. The van der Waals surface area contributed by atoms with Gasteiger partial charge in [0.25, 0.3) is 0 Å². The fourth-order valence-electron chi connectivity index (χ4n) is 3.62. The fourth-order valence-corrected chi connectivity index (χ4v) is 3.96. The van der Waals surface area contributed by atoms with Crippen molar-refractivity contribution in [3.63, 3.8) is 0 Å². The number of hydrogen-bond donors (Lipinski definition) is 0. The van der Waals surface area contributed by atoms with Crippen LogP contribution in [-0.2, 0) is 19.0 Å². The number of aryl methyl sites for hydroxylation is 1. The van der Waals surface area contributed by atoms with E-state index in [1.807, 2.05) is 24.3 Å². The van der Waals surface area contributed by atoms with E-state index < -0.39 is 7.25 Å². The van der Waals surface area contributed by atoms with Gasteiger partial charge in [0.15, 0.2) is 0 Å². The standard InChI is InChI=1S/C24H19NS.BF4/c25-16-17-9-11-18(12-10-17)24(26)14-13-23-21-7-3-1-5-19(21)15-20-6-2-4-8-22(20)23;2-1(3,4)5/h1-12,15,24,26H,13-14H2;/q;-1/p+1. The zero-order chi connectivity index (χ0) is 22.4. The molecule has 0 heterocycles. The minimum absolute atomic E-state index is 0.264. The van der Waals surface area contributed by atoms with Crippen molar-refractivity contribution >= 4 is 41.4 Å². The van der Waals surface area contributed by atoms with Gasteiger partial charge >= 0.3 is 7.25 Å². The van der Waals surface area contributed by atoms with Crippen LogP contribution in [0.4, 0.5) is 17.3 Å². The van der Waals surface area contributed by atoms with Gasteiger partial charge in [-0.1, -0.05) is 60.7 Å². The summed E-state index contributed by atoms with van der Waals surface area (Å²) in [5.74, 6) is 0. The average molecular weight is 441 g/mol. The number of halogens is 4. The lowest BCUT2D eigenvalue weighted by atomic mass is 9.92. The Morgan fingerprint density at radius 2 is 1.29 bits per heavy atom. The van der Waals surface area contributed by atoms with Gasteiger partial charge in [-0.2, -0.15) is 5.26 Å². The first kappa shape index (κ1) is 22.7. The summed E-state index contributed by atoms with van der Waals surface area (Å²) >= 11 is 3.89. The lowest BCUT2D eigenvalue weighted by Crippen LogP contribution is -2.02. The fraction of sp³-hybridized carbons (Fsp3) is 0.125. The molecule has 1 unspecified atom stereocenters. The van der Waals surface area contributed by atoms with Gasteiger partial charge in [-0.05, 0) is 64.4 Å². The van der Waals surface area contributed by atoms with Crippen molar-refractivity contribution in [2.75, 3.05) is 0 Å². The van der Waals surface area contributed by atoms with Crippen LogP contribution in [0.2, 0.25) is 0 Å². The number of rotatable bonds is 4. The second-order valence-electron chi connectivity index (χ2n) is 7.12. The Bertz CT molecular complexity index is 1160. The molecule has 0 bridgehead atoms. The highest BCUT2D eigenvalue weighted by Crippen LogP contribution is 2.31. The lowest BCUT2D eigenvalue weighted by molar-refractivity contribution is 0.368. The molecular formula is C24H20BF4NS. The van der Waals surface area contributed by atoms with Gasteiger partial charge in [-0.25, -0.2) is 0 Å². The number of fused-ring (bicyclic) bond motifs is 2. The highest BCUT2D eigenvalue weighted by molar-refractivity contribution is 7.59. The second kappa shape index (κ2) is 9.89. The highest BCUT2D eigenvalue weighted by Gasteiger charge is 2.20. The van der Waals surface area contributed by atoms with E-state index in [0.717, 1.165) is 12.8 Å². The molecule has 0 radical (unpaired) electrons. The van der Waals surface area contributed by atoms with Crippen molar-refractivity contribution in [1.29, 1.82) is 5.26 Å². The van der Waals surface area contributed by atoms with Gasteiger partial charge < -0.3 is 17.3 Å². The average Bonchev–Trinajstić information content (AvgIpc) is 2.75. The van der Waals surface area contributed by atoms with Gasteiger partial charge in [-0.15, -0.1) is 0 Å². The highest BCUT2D eigenvalue weighted by atomic mass is 32.1. The van der Waals surface area contributed by atoms with Gasteiger partial charge in [0.2, 0.25) is 0 Å². The first-order valence-electron chi connectivity index (χ1n) is 9.74. The summed E-state index contributed by atoms with van der Waals surface area (Å²) in [6, 6.07) is 29.6. The molecule has 0 amide bonds. The van der Waals surface area contributed by atoms with Gasteiger partial charge in [0.05, 0.1) is 11.6 Å². The molecule has 0 aliphatic carbocycles. The van der Waals surface area contributed by atoms with E-state index in [-0.39, 0.29) is 5.25 Å². The predicted molar refractivity (Wildman–Crippen MR) is 124 cm³/mol. The topological polar surface area (TPSA) is 23.8 Å². The van der Waals surface area contributed by atoms with Crippen molar-refractivity contribution in [3.8, 4) is 6.07 Å². The Hall–Kier alpha value is -2.98. The van der Waals surface area contributed by atoms with E-state index in [0.29, 0.717) is 5.56 Å². The molecule has 158 valence electrons. The first-order valence-corrected chi connectivity index (χ1v) is 10.3. The van der Waals surface area contributed by atoms with Crippen LogP contribution in [0.1, 0.15) is 28.4 Å². The van der Waals surface area contributed by atoms with Crippen LogP contribution in [0.5, 0.6) is 0 Å². The molecule has 0 aliphatic heterocycles. The lowest BCUT2D eigenvalue weighted by Gasteiger charge is -2.13. The van der Waals surface area contributed by atoms with Gasteiger partial charge in [0, 0.05) is 12.0 Å². The van der Waals surface area contributed by atoms with Crippen LogP contribution in [0.3, 0.4) is 0 Å². The Labute approximate surface area is 183 Å². The zero-order valence-corrected chi connectivity index (χ0v) is 17.5. The molecule has 0 spiro atoms. The molecule has 0 fully saturated rings. The molecule has 1 nitrogen and oxygen atoms in total. The second-order valence-corrected chi connectivity index (χ2v) is 7.81. The maximum absolute atomic E-state index is 9.75. The number of hydrogen-bond acceptors (Lipinski definition) is 1. The van der Waals surface area contributed by atoms with Crippen molar-refractivity contribution in [1.82, 2.24) is 0 Å². The molecule has 7 heteroatoms. The number of nitriles is 1. The third-order valence-corrected chi connectivity index (χ3v) is 5.63. The van der Waals surface area contributed by atoms with E-state index in [1.54, 1.807) is 0 Å². The van der Waals surface area contributed by atoms with Crippen molar-refractivity contribution < 1.29 is 17.3 Å².